The van der Waals surface area contributed by atoms with Crippen molar-refractivity contribution in [1.82, 2.24) is 0 Å². The van der Waals surface area contributed by atoms with Gasteiger partial charge in [-0.3, -0.25) is 14.9 Å². The Hall–Kier alpha value is -3.71. The van der Waals surface area contributed by atoms with Crippen molar-refractivity contribution >= 4 is 12.0 Å². The SMILES string of the molecule is O=Cc1ccccc1-c1ccccc1C#Cc1cccc([N+](=O)[O-])c1. The van der Waals surface area contributed by atoms with E-state index < -0.39 is 4.92 Å². The van der Waals surface area contributed by atoms with Crippen LogP contribution in [0.4, 0.5) is 5.69 Å². The summed E-state index contributed by atoms with van der Waals surface area (Å²) in [5.41, 5.74) is 3.57. The molecule has 0 saturated carbocycles. The van der Waals surface area contributed by atoms with Crippen LogP contribution in [0.25, 0.3) is 11.1 Å². The fraction of sp³-hybridized carbons (Fsp3) is 0. The van der Waals surface area contributed by atoms with Crippen molar-refractivity contribution in [2.24, 2.45) is 0 Å². The summed E-state index contributed by atoms with van der Waals surface area (Å²) in [4.78, 5) is 21.7. The van der Waals surface area contributed by atoms with Gasteiger partial charge in [0.1, 0.15) is 0 Å². The minimum absolute atomic E-state index is 0.00591. The molecule has 0 heterocycles. The maximum Gasteiger partial charge on any atom is 0.270 e. The first-order valence-corrected chi connectivity index (χ1v) is 7.59. The summed E-state index contributed by atoms with van der Waals surface area (Å²) in [6.07, 6.45) is 0.820. The lowest BCUT2D eigenvalue weighted by Crippen LogP contribution is -1.90. The molecule has 0 aliphatic rings. The second-order valence-electron chi connectivity index (χ2n) is 5.31. The Bertz CT molecular complexity index is 1010. The third-order valence-electron chi connectivity index (χ3n) is 3.70. The average Bonchev–Trinajstić information content (AvgIpc) is 2.67. The number of aldehydes is 1. The fourth-order valence-electron chi connectivity index (χ4n) is 2.51. The summed E-state index contributed by atoms with van der Waals surface area (Å²) in [7, 11) is 0. The highest BCUT2D eigenvalue weighted by Gasteiger charge is 2.07. The third-order valence-corrected chi connectivity index (χ3v) is 3.70. The molecule has 0 spiro atoms. The molecule has 0 N–H and O–H groups in total. The van der Waals surface area contributed by atoms with Crippen LogP contribution in [0.2, 0.25) is 0 Å². The lowest BCUT2D eigenvalue weighted by atomic mass is 9.96. The summed E-state index contributed by atoms with van der Waals surface area (Å²) >= 11 is 0. The van der Waals surface area contributed by atoms with Crippen LogP contribution >= 0.6 is 0 Å². The zero-order chi connectivity index (χ0) is 17.6. The van der Waals surface area contributed by atoms with Crippen LogP contribution in [-0.2, 0) is 0 Å². The van der Waals surface area contributed by atoms with E-state index in [1.54, 1.807) is 18.2 Å². The number of rotatable bonds is 3. The van der Waals surface area contributed by atoms with Gasteiger partial charge in [-0.05, 0) is 23.3 Å². The van der Waals surface area contributed by atoms with Crippen molar-refractivity contribution in [1.29, 1.82) is 0 Å². The van der Waals surface area contributed by atoms with E-state index in [2.05, 4.69) is 11.8 Å². The molecule has 0 radical (unpaired) electrons. The molecule has 3 rings (SSSR count). The second-order valence-corrected chi connectivity index (χ2v) is 5.31. The Balaban J connectivity index is 2.05. The molecular weight excluding hydrogens is 314 g/mol. The molecule has 3 aromatic rings. The summed E-state index contributed by atoms with van der Waals surface area (Å²) in [5.74, 6) is 6.02. The molecule has 4 nitrogen and oxygen atoms in total. The van der Waals surface area contributed by atoms with Gasteiger partial charge in [-0.15, -0.1) is 0 Å². The molecule has 0 fully saturated rings. The van der Waals surface area contributed by atoms with Gasteiger partial charge in [-0.1, -0.05) is 60.4 Å². The molecule has 0 unspecified atom stereocenters. The number of nitro benzene ring substituents is 1. The maximum atomic E-state index is 11.3. The molecule has 3 aromatic carbocycles. The smallest absolute Gasteiger partial charge is 0.270 e. The number of hydrogen-bond acceptors (Lipinski definition) is 3. The van der Waals surface area contributed by atoms with Crippen LogP contribution in [0.5, 0.6) is 0 Å². The normalized spacial score (nSPS) is 9.76. The monoisotopic (exact) mass is 327 g/mol. The molecule has 0 amide bonds. The van der Waals surface area contributed by atoms with Crippen molar-refractivity contribution in [3.8, 4) is 23.0 Å². The van der Waals surface area contributed by atoms with Gasteiger partial charge >= 0.3 is 0 Å². The Labute approximate surface area is 144 Å². The van der Waals surface area contributed by atoms with Crippen LogP contribution in [0.3, 0.4) is 0 Å². The van der Waals surface area contributed by atoms with E-state index in [9.17, 15) is 14.9 Å². The van der Waals surface area contributed by atoms with Gasteiger partial charge in [0.15, 0.2) is 6.29 Å². The van der Waals surface area contributed by atoms with Crippen molar-refractivity contribution in [3.63, 3.8) is 0 Å². The summed E-state index contributed by atoms with van der Waals surface area (Å²) in [5, 5.41) is 10.9. The molecule has 0 atom stereocenters. The Kier molecular flexibility index (Phi) is 4.68. The van der Waals surface area contributed by atoms with Crippen LogP contribution < -0.4 is 0 Å². The molecular formula is C21H13NO3. The average molecular weight is 327 g/mol. The van der Waals surface area contributed by atoms with Crippen LogP contribution in [0.15, 0.2) is 72.8 Å². The van der Waals surface area contributed by atoms with Gasteiger partial charge in [0.05, 0.1) is 4.92 Å². The number of hydrogen-bond donors (Lipinski definition) is 0. The highest BCUT2D eigenvalue weighted by molar-refractivity contribution is 5.89. The van der Waals surface area contributed by atoms with Crippen LogP contribution in [-0.4, -0.2) is 11.2 Å². The molecule has 0 aliphatic heterocycles. The highest BCUT2D eigenvalue weighted by Crippen LogP contribution is 2.26. The maximum absolute atomic E-state index is 11.3. The molecule has 0 aromatic heterocycles. The van der Waals surface area contributed by atoms with Crippen LogP contribution in [0, 0.1) is 22.0 Å². The van der Waals surface area contributed by atoms with E-state index in [1.807, 2.05) is 42.5 Å². The largest absolute Gasteiger partial charge is 0.298 e. The number of non-ortho nitro benzene ring substituents is 1. The minimum Gasteiger partial charge on any atom is -0.298 e. The Morgan fingerprint density at radius 3 is 2.32 bits per heavy atom. The van der Waals surface area contributed by atoms with Gasteiger partial charge in [0.2, 0.25) is 0 Å². The number of benzene rings is 3. The standard InChI is InChI=1S/C21H13NO3/c23-15-18-8-2-4-11-21(18)20-10-3-1-7-17(20)13-12-16-6-5-9-19(14-16)22(24)25/h1-11,14-15H. The van der Waals surface area contributed by atoms with Crippen molar-refractivity contribution < 1.29 is 9.72 Å². The molecule has 25 heavy (non-hydrogen) atoms. The van der Waals surface area contributed by atoms with Gasteiger partial charge in [0.25, 0.3) is 5.69 Å². The zero-order valence-electron chi connectivity index (χ0n) is 13.2. The summed E-state index contributed by atoms with van der Waals surface area (Å²) in [6.45, 7) is 0. The van der Waals surface area contributed by atoms with Crippen molar-refractivity contribution in [3.05, 3.63) is 99.6 Å². The number of nitrogens with zero attached hydrogens (tertiary/aromatic N) is 1. The molecule has 120 valence electrons. The Morgan fingerprint density at radius 1 is 0.840 bits per heavy atom. The van der Waals surface area contributed by atoms with Crippen molar-refractivity contribution in [2.75, 3.05) is 0 Å². The lowest BCUT2D eigenvalue weighted by molar-refractivity contribution is -0.384. The van der Waals surface area contributed by atoms with Gasteiger partial charge in [-0.25, -0.2) is 0 Å². The molecule has 0 saturated heterocycles. The number of carbonyl (C=O) groups excluding carboxylic acids is 1. The van der Waals surface area contributed by atoms with E-state index in [0.29, 0.717) is 11.1 Å². The molecule has 0 aliphatic carbocycles. The summed E-state index contributed by atoms with van der Waals surface area (Å²) in [6, 6.07) is 21.0. The van der Waals surface area contributed by atoms with Gasteiger partial charge in [-0.2, -0.15) is 0 Å². The third kappa shape index (κ3) is 3.62. The van der Waals surface area contributed by atoms with Gasteiger partial charge in [0, 0.05) is 28.8 Å². The van der Waals surface area contributed by atoms with E-state index in [0.717, 1.165) is 23.0 Å². The van der Waals surface area contributed by atoms with E-state index in [4.69, 9.17) is 0 Å². The predicted octanol–water partition coefficient (Wildman–Crippen LogP) is 4.47. The zero-order valence-corrected chi connectivity index (χ0v) is 13.2. The molecule has 4 heteroatoms. The second kappa shape index (κ2) is 7.24. The lowest BCUT2D eigenvalue weighted by Gasteiger charge is -2.07. The first-order chi connectivity index (χ1) is 12.2. The predicted molar refractivity (Wildman–Crippen MR) is 96.3 cm³/mol. The highest BCUT2D eigenvalue weighted by atomic mass is 16.6. The first-order valence-electron chi connectivity index (χ1n) is 7.59. The van der Waals surface area contributed by atoms with Crippen LogP contribution in [0.1, 0.15) is 21.5 Å². The molecule has 0 bridgehead atoms. The van der Waals surface area contributed by atoms with Gasteiger partial charge < -0.3 is 0 Å². The quantitative estimate of drug-likeness (QED) is 0.308. The Morgan fingerprint density at radius 2 is 1.56 bits per heavy atom. The minimum atomic E-state index is -0.445. The van der Waals surface area contributed by atoms with Crippen molar-refractivity contribution in [2.45, 2.75) is 0 Å². The van der Waals surface area contributed by atoms with E-state index in [1.165, 1.54) is 12.1 Å². The fourth-order valence-corrected chi connectivity index (χ4v) is 2.51. The first kappa shape index (κ1) is 16.2. The van der Waals surface area contributed by atoms with E-state index in [-0.39, 0.29) is 5.69 Å². The summed E-state index contributed by atoms with van der Waals surface area (Å²) < 4.78 is 0. The number of carbonyl (C=O) groups is 1. The topological polar surface area (TPSA) is 60.2 Å². The van der Waals surface area contributed by atoms with E-state index >= 15 is 0 Å². The number of nitro groups is 1.